The van der Waals surface area contributed by atoms with Crippen LogP contribution in [-0.2, 0) is 0 Å². The Morgan fingerprint density at radius 2 is 2.16 bits per heavy atom. The van der Waals surface area contributed by atoms with Gasteiger partial charge in [-0.05, 0) is 37.8 Å². The molecule has 3 heterocycles. The van der Waals surface area contributed by atoms with E-state index in [-0.39, 0.29) is 11.8 Å². The largest absolute Gasteiger partial charge is 0.481 e. The summed E-state index contributed by atoms with van der Waals surface area (Å²) in [5.74, 6) is 1.80. The third-order valence-electron chi connectivity index (χ3n) is 5.14. The average molecular weight is 337 g/mol. The molecule has 5 rings (SSSR count). The number of ether oxygens (including phenoxy) is 1. The van der Waals surface area contributed by atoms with Gasteiger partial charge < -0.3 is 14.2 Å². The highest BCUT2D eigenvalue weighted by molar-refractivity contribution is 5.89. The molecule has 1 amide bonds. The van der Waals surface area contributed by atoms with E-state index in [4.69, 9.17) is 9.26 Å². The van der Waals surface area contributed by atoms with E-state index in [9.17, 15) is 4.79 Å². The highest BCUT2D eigenvalue weighted by atomic mass is 16.5. The minimum absolute atomic E-state index is 0.0964. The molecule has 2 aliphatic heterocycles. The second-order valence-corrected chi connectivity index (χ2v) is 7.10. The Hall–Kier alpha value is -2.63. The molecule has 1 aromatic heterocycles. The van der Waals surface area contributed by atoms with Crippen LogP contribution < -0.4 is 4.74 Å². The van der Waals surface area contributed by atoms with Crippen LogP contribution in [0, 0.1) is 0 Å². The highest BCUT2D eigenvalue weighted by Crippen LogP contribution is 2.39. The van der Waals surface area contributed by atoms with Crippen molar-refractivity contribution in [2.24, 2.45) is 0 Å². The Morgan fingerprint density at radius 1 is 1.28 bits per heavy atom. The summed E-state index contributed by atoms with van der Waals surface area (Å²) in [4.78, 5) is 18.8. The van der Waals surface area contributed by atoms with Gasteiger partial charge in [0, 0.05) is 18.0 Å². The predicted octanol–water partition coefficient (Wildman–Crippen LogP) is 3.03. The third-order valence-corrected chi connectivity index (χ3v) is 5.14. The Labute approximate surface area is 145 Å². The minimum Gasteiger partial charge on any atom is -0.481 e. The maximum atomic E-state index is 12.8. The number of piperidine rings is 1. The van der Waals surface area contributed by atoms with Crippen molar-refractivity contribution in [2.45, 2.75) is 37.2 Å². The lowest BCUT2D eigenvalue weighted by Crippen LogP contribution is -2.53. The van der Waals surface area contributed by atoms with Crippen molar-refractivity contribution < 1.29 is 14.1 Å². The minimum atomic E-state index is -0.471. The molecule has 2 aromatic rings. The molecular weight excluding hydrogens is 318 g/mol. The highest BCUT2D eigenvalue weighted by Gasteiger charge is 2.40. The zero-order chi connectivity index (χ0) is 16.9. The van der Waals surface area contributed by atoms with Crippen LogP contribution in [0.1, 0.15) is 53.7 Å². The molecule has 6 nitrogen and oxygen atoms in total. The number of amides is 1. The van der Waals surface area contributed by atoms with E-state index in [1.54, 1.807) is 4.90 Å². The quantitative estimate of drug-likeness (QED) is 0.842. The number of rotatable bonds is 2. The first kappa shape index (κ1) is 14.7. The number of para-hydroxylation sites is 1. The topological polar surface area (TPSA) is 68.5 Å². The van der Waals surface area contributed by atoms with Crippen molar-refractivity contribution >= 4 is 12.0 Å². The fourth-order valence-corrected chi connectivity index (χ4v) is 3.61. The summed E-state index contributed by atoms with van der Waals surface area (Å²) in [6, 6.07) is 7.97. The van der Waals surface area contributed by atoms with Gasteiger partial charge in [0.05, 0.1) is 6.54 Å². The number of carbonyl (C=O) groups excluding carboxylic acids is 1. The summed E-state index contributed by atoms with van der Waals surface area (Å²) in [7, 11) is 0. The first-order valence-corrected chi connectivity index (χ1v) is 8.83. The number of hydrogen-bond acceptors (Lipinski definition) is 5. The van der Waals surface area contributed by atoms with Crippen molar-refractivity contribution in [2.75, 3.05) is 13.1 Å². The molecule has 1 spiro atoms. The second kappa shape index (κ2) is 5.44. The molecule has 1 saturated carbocycles. The van der Waals surface area contributed by atoms with E-state index in [2.05, 4.69) is 22.3 Å². The van der Waals surface area contributed by atoms with Crippen LogP contribution in [0.2, 0.25) is 0 Å². The number of likely N-dealkylation sites (tertiary alicyclic amines) is 1. The summed E-state index contributed by atoms with van der Waals surface area (Å²) < 4.78 is 11.5. The maximum Gasteiger partial charge on any atom is 0.316 e. The molecule has 3 aliphatic rings. The smallest absolute Gasteiger partial charge is 0.316 e. The number of nitrogens with zero attached hydrogens (tertiary/aromatic N) is 3. The van der Waals surface area contributed by atoms with Gasteiger partial charge in [0.15, 0.2) is 5.82 Å². The zero-order valence-electron chi connectivity index (χ0n) is 13.9. The van der Waals surface area contributed by atoms with Gasteiger partial charge >= 0.3 is 11.8 Å². The lowest BCUT2D eigenvalue weighted by molar-refractivity contribution is 0.0209. The zero-order valence-corrected chi connectivity index (χ0v) is 13.9. The predicted molar refractivity (Wildman–Crippen MR) is 90.2 cm³/mol. The van der Waals surface area contributed by atoms with Gasteiger partial charge in [-0.1, -0.05) is 29.4 Å². The molecule has 0 radical (unpaired) electrons. The van der Waals surface area contributed by atoms with Crippen LogP contribution in [0.4, 0.5) is 0 Å². The second-order valence-electron chi connectivity index (χ2n) is 7.10. The van der Waals surface area contributed by atoms with Crippen molar-refractivity contribution in [1.29, 1.82) is 0 Å². The first-order valence-electron chi connectivity index (χ1n) is 8.83. The summed E-state index contributed by atoms with van der Waals surface area (Å²) in [6.07, 6.45) is 8.10. The van der Waals surface area contributed by atoms with Gasteiger partial charge in [-0.25, -0.2) is 0 Å². The molecule has 2 fully saturated rings. The van der Waals surface area contributed by atoms with E-state index < -0.39 is 5.60 Å². The molecule has 1 aliphatic carbocycles. The first-order chi connectivity index (χ1) is 12.2. The molecule has 1 atom stereocenters. The van der Waals surface area contributed by atoms with E-state index in [0.717, 1.165) is 37.0 Å². The Balaban J connectivity index is 1.36. The Morgan fingerprint density at radius 3 is 3.04 bits per heavy atom. The van der Waals surface area contributed by atoms with Crippen LogP contribution in [0.25, 0.3) is 6.08 Å². The van der Waals surface area contributed by atoms with Gasteiger partial charge in [-0.2, -0.15) is 4.98 Å². The molecular formula is C19H19N3O3. The summed E-state index contributed by atoms with van der Waals surface area (Å²) >= 11 is 0. The summed E-state index contributed by atoms with van der Waals surface area (Å²) in [5.41, 5.74) is 0.601. The average Bonchev–Trinajstić information content (AvgIpc) is 3.38. The fourth-order valence-electron chi connectivity index (χ4n) is 3.61. The fraction of sp³-hybridized carbons (Fsp3) is 0.421. The molecule has 1 aromatic carbocycles. The number of aromatic nitrogens is 2. The Bertz CT molecular complexity index is 855. The molecule has 0 bridgehead atoms. The Kier molecular flexibility index (Phi) is 3.20. The van der Waals surface area contributed by atoms with E-state index in [0.29, 0.717) is 24.8 Å². The van der Waals surface area contributed by atoms with Crippen LogP contribution in [0.3, 0.4) is 0 Å². The number of benzene rings is 1. The van der Waals surface area contributed by atoms with Gasteiger partial charge in [-0.3, -0.25) is 4.79 Å². The van der Waals surface area contributed by atoms with Gasteiger partial charge in [-0.15, -0.1) is 0 Å². The van der Waals surface area contributed by atoms with Crippen molar-refractivity contribution in [1.82, 2.24) is 15.0 Å². The van der Waals surface area contributed by atoms with Gasteiger partial charge in [0.2, 0.25) is 0 Å². The van der Waals surface area contributed by atoms with E-state index in [1.165, 1.54) is 0 Å². The lowest BCUT2D eigenvalue weighted by Gasteiger charge is -2.42. The molecule has 1 saturated heterocycles. The molecule has 128 valence electrons. The maximum absolute atomic E-state index is 12.8. The number of fused-ring (bicyclic) bond motifs is 1. The lowest BCUT2D eigenvalue weighted by atomic mass is 9.89. The summed E-state index contributed by atoms with van der Waals surface area (Å²) in [6.45, 7) is 1.18. The van der Waals surface area contributed by atoms with Crippen LogP contribution in [0.15, 0.2) is 34.9 Å². The molecule has 1 unspecified atom stereocenters. The standard InChI is InChI=1S/C19H19N3O3/c23-18(17-20-16(21-25-17)14-6-7-14)22-11-3-9-19(12-22)10-8-13-4-1-2-5-15(13)24-19/h1-2,4-5,8,10,14H,3,6-7,9,11-12H2. The normalized spacial score (nSPS) is 24.9. The molecule has 6 heteroatoms. The van der Waals surface area contributed by atoms with E-state index >= 15 is 0 Å². The molecule has 25 heavy (non-hydrogen) atoms. The van der Waals surface area contributed by atoms with Crippen molar-refractivity contribution in [3.8, 4) is 5.75 Å². The van der Waals surface area contributed by atoms with Gasteiger partial charge in [0.25, 0.3) is 0 Å². The SMILES string of the molecule is O=C(c1nc(C2CC2)no1)N1CCCC2(C=Cc3ccccc3O2)C1. The van der Waals surface area contributed by atoms with Crippen molar-refractivity contribution in [3.63, 3.8) is 0 Å². The van der Waals surface area contributed by atoms with Gasteiger partial charge in [0.1, 0.15) is 11.4 Å². The van der Waals surface area contributed by atoms with Crippen LogP contribution in [0.5, 0.6) is 5.75 Å². The van der Waals surface area contributed by atoms with E-state index in [1.807, 2.05) is 24.3 Å². The summed E-state index contributed by atoms with van der Waals surface area (Å²) in [5, 5.41) is 3.95. The number of carbonyl (C=O) groups is 1. The van der Waals surface area contributed by atoms with Crippen molar-refractivity contribution in [3.05, 3.63) is 47.6 Å². The monoisotopic (exact) mass is 337 g/mol. The van der Waals surface area contributed by atoms with Crippen LogP contribution >= 0.6 is 0 Å². The third kappa shape index (κ3) is 2.62. The molecule has 0 N–H and O–H groups in total. The number of hydrogen-bond donors (Lipinski definition) is 0. The van der Waals surface area contributed by atoms with Crippen LogP contribution in [-0.4, -0.2) is 39.6 Å².